The highest BCUT2D eigenvalue weighted by Gasteiger charge is 2.05. The summed E-state index contributed by atoms with van der Waals surface area (Å²) in [6.07, 6.45) is 5.00. The Balaban J connectivity index is 3.15. The lowest BCUT2D eigenvalue weighted by Gasteiger charge is -2.04. The summed E-state index contributed by atoms with van der Waals surface area (Å²) in [5.74, 6) is 0.659. The van der Waals surface area contributed by atoms with Gasteiger partial charge in [0.05, 0.1) is 12.7 Å². The molecule has 0 N–H and O–H groups in total. The van der Waals surface area contributed by atoms with E-state index in [0.29, 0.717) is 11.3 Å². The molecule has 0 amide bonds. The van der Waals surface area contributed by atoms with Crippen molar-refractivity contribution < 1.29 is 4.74 Å². The van der Waals surface area contributed by atoms with E-state index in [0.717, 1.165) is 0 Å². The molecule has 0 saturated carbocycles. The fraction of sp³-hybridized carbons (Fsp3) is 0.100. The van der Waals surface area contributed by atoms with Crippen molar-refractivity contribution in [2.75, 3.05) is 7.11 Å². The number of ether oxygens (including phenoxy) is 1. The van der Waals surface area contributed by atoms with Gasteiger partial charge in [-0.05, 0) is 12.1 Å². The second kappa shape index (κ2) is 4.54. The lowest BCUT2D eigenvalue weighted by molar-refractivity contribution is 0.414. The number of methoxy groups -OCH3 is 1. The number of nitrogens with zero attached hydrogens (tertiary/aromatic N) is 1. The van der Waals surface area contributed by atoms with E-state index < -0.39 is 0 Å². The normalized spacial score (nSPS) is 10.7. The van der Waals surface area contributed by atoms with Gasteiger partial charge >= 0.3 is 0 Å². The summed E-state index contributed by atoms with van der Waals surface area (Å²) in [7, 11) is 1.57. The highest BCUT2D eigenvalue weighted by Crippen LogP contribution is 2.19. The zero-order valence-corrected chi connectivity index (χ0v) is 7.88. The van der Waals surface area contributed by atoms with E-state index in [-0.39, 0.29) is 5.17 Å². The van der Waals surface area contributed by atoms with Crippen LogP contribution in [0.15, 0.2) is 29.3 Å². The van der Waals surface area contributed by atoms with E-state index in [9.17, 15) is 0 Å². The molecule has 0 fully saturated rings. The average molecular weight is 194 g/mol. The first-order chi connectivity index (χ1) is 6.29. The Labute approximate surface area is 82.2 Å². The molecule has 0 radical (unpaired) electrons. The van der Waals surface area contributed by atoms with Gasteiger partial charge in [-0.15, -0.1) is 0 Å². The molecule has 0 unspecified atom stereocenters. The van der Waals surface area contributed by atoms with Gasteiger partial charge < -0.3 is 4.74 Å². The molecule has 0 aliphatic rings. The summed E-state index contributed by atoms with van der Waals surface area (Å²) in [5.41, 5.74) is 0.699. The molecular weight excluding hydrogens is 186 g/mol. The summed E-state index contributed by atoms with van der Waals surface area (Å²) >= 11 is 5.82. The van der Waals surface area contributed by atoms with Crippen LogP contribution in [0.2, 0.25) is 0 Å². The zero-order chi connectivity index (χ0) is 9.68. The minimum absolute atomic E-state index is 0.264. The van der Waals surface area contributed by atoms with E-state index >= 15 is 0 Å². The summed E-state index contributed by atoms with van der Waals surface area (Å²) in [4.78, 5) is 3.63. The van der Waals surface area contributed by atoms with Crippen LogP contribution in [0.1, 0.15) is 5.56 Å². The summed E-state index contributed by atoms with van der Waals surface area (Å²) < 4.78 is 5.08. The van der Waals surface area contributed by atoms with Crippen molar-refractivity contribution in [2.45, 2.75) is 0 Å². The van der Waals surface area contributed by atoms with Gasteiger partial charge in [0.15, 0.2) is 5.17 Å². The van der Waals surface area contributed by atoms with Crippen molar-refractivity contribution in [2.24, 2.45) is 4.99 Å². The first-order valence-corrected chi connectivity index (χ1v) is 3.99. The molecule has 0 bridgehead atoms. The van der Waals surface area contributed by atoms with E-state index in [4.69, 9.17) is 22.8 Å². The Morgan fingerprint density at radius 1 is 1.54 bits per heavy atom. The van der Waals surface area contributed by atoms with Crippen molar-refractivity contribution in [3.05, 3.63) is 29.8 Å². The molecular formula is C10H8ClNO. The van der Waals surface area contributed by atoms with E-state index in [1.165, 1.54) is 0 Å². The van der Waals surface area contributed by atoms with E-state index in [1.807, 2.05) is 12.1 Å². The standard InChI is InChI=1S/C10H8ClNO/c1-3-12-10(11)8-6-4-5-7-9(8)13-2/h1,4-7H,2H3/b12-10-. The molecule has 0 saturated heterocycles. The Morgan fingerprint density at radius 2 is 2.23 bits per heavy atom. The fourth-order valence-electron chi connectivity index (χ4n) is 0.932. The lowest BCUT2D eigenvalue weighted by atomic mass is 10.2. The van der Waals surface area contributed by atoms with Gasteiger partial charge in [0, 0.05) is 6.04 Å². The van der Waals surface area contributed by atoms with Crippen molar-refractivity contribution in [3.63, 3.8) is 0 Å². The molecule has 1 aromatic rings. The molecule has 0 atom stereocenters. The molecule has 66 valence electrons. The minimum Gasteiger partial charge on any atom is -0.496 e. The number of terminal acetylenes is 1. The maximum Gasteiger partial charge on any atom is 0.150 e. The van der Waals surface area contributed by atoms with Gasteiger partial charge in [-0.25, -0.2) is 0 Å². The van der Waals surface area contributed by atoms with Crippen molar-refractivity contribution in [1.29, 1.82) is 0 Å². The highest BCUT2D eigenvalue weighted by molar-refractivity contribution is 6.70. The maximum atomic E-state index is 5.82. The van der Waals surface area contributed by atoms with Crippen LogP contribution in [0, 0.1) is 12.5 Å². The van der Waals surface area contributed by atoms with Crippen LogP contribution in [-0.4, -0.2) is 12.3 Å². The summed E-state index contributed by atoms with van der Waals surface area (Å²) in [6.45, 7) is 0. The number of para-hydroxylation sites is 1. The molecule has 0 spiro atoms. The molecule has 0 aromatic heterocycles. The van der Waals surface area contributed by atoms with Gasteiger partial charge in [-0.2, -0.15) is 4.99 Å². The number of aliphatic imine (C=N–C) groups is 1. The first kappa shape index (κ1) is 9.63. The molecule has 0 aliphatic heterocycles. The predicted molar refractivity (Wildman–Crippen MR) is 54.2 cm³/mol. The molecule has 0 heterocycles. The average Bonchev–Trinajstić information content (AvgIpc) is 2.18. The van der Waals surface area contributed by atoms with Crippen molar-refractivity contribution in [1.82, 2.24) is 0 Å². The van der Waals surface area contributed by atoms with Gasteiger partial charge in [0.1, 0.15) is 5.75 Å². The van der Waals surface area contributed by atoms with Gasteiger partial charge in [-0.1, -0.05) is 30.2 Å². The smallest absolute Gasteiger partial charge is 0.150 e. The summed E-state index contributed by atoms with van der Waals surface area (Å²) in [5, 5.41) is 0.264. The largest absolute Gasteiger partial charge is 0.496 e. The van der Waals surface area contributed by atoms with Crippen molar-refractivity contribution >= 4 is 16.8 Å². The van der Waals surface area contributed by atoms with Crippen LogP contribution in [0.5, 0.6) is 5.75 Å². The number of hydrogen-bond acceptors (Lipinski definition) is 2. The van der Waals surface area contributed by atoms with E-state index in [2.05, 4.69) is 11.0 Å². The van der Waals surface area contributed by atoms with Gasteiger partial charge in [-0.3, -0.25) is 0 Å². The SMILES string of the molecule is C#C/N=C(\Cl)c1ccccc1OC. The monoisotopic (exact) mass is 193 g/mol. The zero-order valence-electron chi connectivity index (χ0n) is 7.12. The maximum absolute atomic E-state index is 5.82. The number of hydrogen-bond donors (Lipinski definition) is 0. The van der Waals surface area contributed by atoms with Gasteiger partial charge in [0.2, 0.25) is 0 Å². The predicted octanol–water partition coefficient (Wildman–Crippen LogP) is 2.27. The third kappa shape index (κ3) is 2.24. The van der Waals surface area contributed by atoms with Crippen LogP contribution in [-0.2, 0) is 0 Å². The Kier molecular flexibility index (Phi) is 3.36. The number of benzene rings is 1. The molecule has 1 rings (SSSR count). The molecule has 0 aliphatic carbocycles. The number of halogens is 1. The molecule has 13 heavy (non-hydrogen) atoms. The van der Waals surface area contributed by atoms with Crippen LogP contribution in [0.25, 0.3) is 0 Å². The molecule has 3 heteroatoms. The van der Waals surface area contributed by atoms with Gasteiger partial charge in [0.25, 0.3) is 0 Å². The van der Waals surface area contributed by atoms with Crippen molar-refractivity contribution in [3.8, 4) is 18.2 Å². The summed E-state index contributed by atoms with van der Waals surface area (Å²) in [6, 6.07) is 9.40. The molecule has 2 nitrogen and oxygen atoms in total. The lowest BCUT2D eigenvalue weighted by Crippen LogP contribution is -1.95. The molecule has 1 aromatic carbocycles. The second-order valence-electron chi connectivity index (χ2n) is 2.23. The Morgan fingerprint density at radius 3 is 2.85 bits per heavy atom. The first-order valence-electron chi connectivity index (χ1n) is 3.61. The Bertz CT molecular complexity index is 365. The van der Waals surface area contributed by atoms with E-state index in [1.54, 1.807) is 19.2 Å². The third-order valence-corrected chi connectivity index (χ3v) is 1.78. The Hall–Kier alpha value is -1.46. The number of rotatable bonds is 2. The van der Waals surface area contributed by atoms with Crippen LogP contribution in [0.4, 0.5) is 0 Å². The quantitative estimate of drug-likeness (QED) is 0.522. The van der Waals surface area contributed by atoms with Crippen LogP contribution < -0.4 is 4.74 Å². The fourth-order valence-corrected chi connectivity index (χ4v) is 1.14. The van der Waals surface area contributed by atoms with Crippen LogP contribution in [0.3, 0.4) is 0 Å². The second-order valence-corrected chi connectivity index (χ2v) is 2.59. The topological polar surface area (TPSA) is 21.6 Å². The highest BCUT2D eigenvalue weighted by atomic mass is 35.5. The van der Waals surface area contributed by atoms with Crippen LogP contribution >= 0.6 is 11.6 Å². The minimum atomic E-state index is 0.264. The third-order valence-electron chi connectivity index (χ3n) is 1.49.